The molecule has 6 heteroatoms. The number of hydrogen-bond donors (Lipinski definition) is 2. The standard InChI is InChI=1S/C16H10Cl2N4/c17-11-6-5-9(7-12(11)18)21-16-15-14(19-8-20-15)10-3-1-2-4-13(10)22-16/h1-8H,(H,19,20)(H,21,22). The number of aromatic amines is 1. The molecule has 108 valence electrons. The third kappa shape index (κ3) is 2.17. The lowest BCUT2D eigenvalue weighted by molar-refractivity contribution is 1.33. The molecule has 2 N–H and O–H groups in total. The molecule has 0 radical (unpaired) electrons. The molecule has 22 heavy (non-hydrogen) atoms. The van der Waals surface area contributed by atoms with Gasteiger partial charge < -0.3 is 10.3 Å². The van der Waals surface area contributed by atoms with Gasteiger partial charge in [0.05, 0.1) is 27.4 Å². The molecule has 0 aliphatic rings. The van der Waals surface area contributed by atoms with Crippen LogP contribution in [0.5, 0.6) is 0 Å². The van der Waals surface area contributed by atoms with Crippen LogP contribution in [0.15, 0.2) is 48.8 Å². The molecule has 0 atom stereocenters. The average molecular weight is 329 g/mol. The molecule has 0 aliphatic carbocycles. The fourth-order valence-electron chi connectivity index (χ4n) is 2.43. The summed E-state index contributed by atoms with van der Waals surface area (Å²) in [6.07, 6.45) is 1.67. The number of benzene rings is 2. The van der Waals surface area contributed by atoms with E-state index in [9.17, 15) is 0 Å². The number of aromatic nitrogens is 3. The van der Waals surface area contributed by atoms with Crippen LogP contribution in [0.3, 0.4) is 0 Å². The second-order valence-corrected chi connectivity index (χ2v) is 5.67. The first-order valence-electron chi connectivity index (χ1n) is 6.66. The minimum Gasteiger partial charge on any atom is -0.344 e. The summed E-state index contributed by atoms with van der Waals surface area (Å²) in [6.45, 7) is 0. The van der Waals surface area contributed by atoms with Crippen molar-refractivity contribution in [2.24, 2.45) is 0 Å². The summed E-state index contributed by atoms with van der Waals surface area (Å²) in [5.74, 6) is 0.674. The van der Waals surface area contributed by atoms with Gasteiger partial charge in [-0.15, -0.1) is 0 Å². The number of fused-ring (bicyclic) bond motifs is 3. The van der Waals surface area contributed by atoms with Gasteiger partial charge in [-0.05, 0) is 24.3 Å². The minimum atomic E-state index is 0.491. The van der Waals surface area contributed by atoms with E-state index >= 15 is 0 Å². The van der Waals surface area contributed by atoms with Gasteiger partial charge >= 0.3 is 0 Å². The summed E-state index contributed by atoms with van der Waals surface area (Å²) < 4.78 is 0. The van der Waals surface area contributed by atoms with Crippen molar-refractivity contribution >= 4 is 56.6 Å². The Morgan fingerprint density at radius 3 is 2.73 bits per heavy atom. The number of para-hydroxylation sites is 1. The van der Waals surface area contributed by atoms with Crippen molar-refractivity contribution in [1.82, 2.24) is 15.0 Å². The lowest BCUT2D eigenvalue weighted by Gasteiger charge is -2.09. The van der Waals surface area contributed by atoms with E-state index in [0.717, 1.165) is 27.6 Å². The predicted octanol–water partition coefficient (Wildman–Crippen LogP) is 5.16. The molecule has 0 saturated carbocycles. The lowest BCUT2D eigenvalue weighted by atomic mass is 10.2. The maximum Gasteiger partial charge on any atom is 0.159 e. The number of halogens is 2. The minimum absolute atomic E-state index is 0.491. The number of H-pyrrole nitrogens is 1. The highest BCUT2D eigenvalue weighted by molar-refractivity contribution is 6.42. The van der Waals surface area contributed by atoms with Crippen molar-refractivity contribution in [2.45, 2.75) is 0 Å². The fourth-order valence-corrected chi connectivity index (χ4v) is 2.73. The average Bonchev–Trinajstić information content (AvgIpc) is 3.01. The Balaban J connectivity index is 1.89. The van der Waals surface area contributed by atoms with Gasteiger partial charge in [0.25, 0.3) is 0 Å². The molecule has 2 aromatic carbocycles. The number of hydrogen-bond acceptors (Lipinski definition) is 3. The van der Waals surface area contributed by atoms with Crippen LogP contribution in [0.1, 0.15) is 0 Å². The molecule has 0 fully saturated rings. The number of rotatable bonds is 2. The van der Waals surface area contributed by atoms with E-state index in [1.165, 1.54) is 0 Å². The normalized spacial score (nSPS) is 11.2. The van der Waals surface area contributed by atoms with Crippen molar-refractivity contribution < 1.29 is 0 Å². The summed E-state index contributed by atoms with van der Waals surface area (Å²) >= 11 is 12.0. The molecule has 2 aromatic heterocycles. The predicted molar refractivity (Wildman–Crippen MR) is 91.1 cm³/mol. The number of anilines is 2. The Kier molecular flexibility index (Phi) is 3.13. The highest BCUT2D eigenvalue weighted by Gasteiger charge is 2.11. The Bertz CT molecular complexity index is 994. The monoisotopic (exact) mass is 328 g/mol. The van der Waals surface area contributed by atoms with Gasteiger partial charge in [0, 0.05) is 11.1 Å². The van der Waals surface area contributed by atoms with Crippen LogP contribution in [0.2, 0.25) is 10.0 Å². The van der Waals surface area contributed by atoms with E-state index in [0.29, 0.717) is 15.9 Å². The molecular formula is C16H10Cl2N4. The number of nitrogens with one attached hydrogen (secondary N) is 2. The van der Waals surface area contributed by atoms with E-state index in [1.54, 1.807) is 18.5 Å². The van der Waals surface area contributed by atoms with Crippen LogP contribution in [0, 0.1) is 0 Å². The van der Waals surface area contributed by atoms with Crippen LogP contribution in [-0.2, 0) is 0 Å². The largest absolute Gasteiger partial charge is 0.344 e. The zero-order valence-corrected chi connectivity index (χ0v) is 12.8. The van der Waals surface area contributed by atoms with Crippen LogP contribution in [-0.4, -0.2) is 15.0 Å². The van der Waals surface area contributed by atoms with Crippen LogP contribution >= 0.6 is 23.2 Å². The first-order chi connectivity index (χ1) is 10.7. The number of imidazole rings is 1. The molecule has 0 bridgehead atoms. The third-order valence-corrected chi connectivity index (χ3v) is 4.19. The Hall–Kier alpha value is -2.30. The second-order valence-electron chi connectivity index (χ2n) is 4.86. The van der Waals surface area contributed by atoms with Gasteiger partial charge in [-0.2, -0.15) is 0 Å². The Morgan fingerprint density at radius 1 is 1.00 bits per heavy atom. The van der Waals surface area contributed by atoms with E-state index in [4.69, 9.17) is 23.2 Å². The second kappa shape index (κ2) is 5.16. The zero-order chi connectivity index (χ0) is 15.1. The van der Waals surface area contributed by atoms with Crippen LogP contribution in [0.25, 0.3) is 21.9 Å². The smallest absolute Gasteiger partial charge is 0.159 e. The van der Waals surface area contributed by atoms with Crippen LogP contribution < -0.4 is 5.32 Å². The van der Waals surface area contributed by atoms with Gasteiger partial charge in [-0.25, -0.2) is 9.97 Å². The summed E-state index contributed by atoms with van der Waals surface area (Å²) in [5, 5.41) is 5.30. The fraction of sp³-hybridized carbons (Fsp3) is 0. The Labute approximate surface area is 136 Å². The Morgan fingerprint density at radius 2 is 1.86 bits per heavy atom. The summed E-state index contributed by atoms with van der Waals surface area (Å²) in [6, 6.07) is 13.3. The van der Waals surface area contributed by atoms with Crippen molar-refractivity contribution in [3.63, 3.8) is 0 Å². The maximum absolute atomic E-state index is 6.06. The topological polar surface area (TPSA) is 53.6 Å². The van der Waals surface area contributed by atoms with Gasteiger partial charge in [-0.1, -0.05) is 41.4 Å². The highest BCUT2D eigenvalue weighted by Crippen LogP contribution is 2.30. The molecule has 0 spiro atoms. The van der Waals surface area contributed by atoms with E-state index < -0.39 is 0 Å². The summed E-state index contributed by atoms with van der Waals surface area (Å²) in [4.78, 5) is 12.2. The zero-order valence-electron chi connectivity index (χ0n) is 11.3. The van der Waals surface area contributed by atoms with Gasteiger partial charge in [0.2, 0.25) is 0 Å². The number of nitrogens with zero attached hydrogens (tertiary/aromatic N) is 2. The first-order valence-corrected chi connectivity index (χ1v) is 7.42. The van der Waals surface area contributed by atoms with Crippen molar-refractivity contribution in [1.29, 1.82) is 0 Å². The molecule has 0 unspecified atom stereocenters. The molecule has 0 amide bonds. The first kappa shape index (κ1) is 13.4. The molecule has 0 saturated heterocycles. The van der Waals surface area contributed by atoms with Crippen molar-refractivity contribution in [2.75, 3.05) is 5.32 Å². The summed E-state index contributed by atoms with van der Waals surface area (Å²) in [5.41, 5.74) is 3.43. The van der Waals surface area contributed by atoms with E-state index in [-0.39, 0.29) is 0 Å². The SMILES string of the molecule is Clc1ccc(Nc2nc3ccccc3c3[nH]cnc23)cc1Cl. The van der Waals surface area contributed by atoms with Crippen molar-refractivity contribution in [3.05, 3.63) is 58.8 Å². The molecule has 2 heterocycles. The van der Waals surface area contributed by atoms with E-state index in [1.807, 2.05) is 30.3 Å². The highest BCUT2D eigenvalue weighted by atomic mass is 35.5. The van der Waals surface area contributed by atoms with E-state index in [2.05, 4.69) is 20.3 Å². The quantitative estimate of drug-likeness (QED) is 0.534. The lowest BCUT2D eigenvalue weighted by Crippen LogP contribution is -1.96. The van der Waals surface area contributed by atoms with Crippen LogP contribution in [0.4, 0.5) is 11.5 Å². The molecule has 4 rings (SSSR count). The van der Waals surface area contributed by atoms with Gasteiger partial charge in [-0.3, -0.25) is 0 Å². The molecule has 0 aliphatic heterocycles. The third-order valence-electron chi connectivity index (χ3n) is 3.45. The molecular weight excluding hydrogens is 319 g/mol. The molecule has 4 aromatic rings. The van der Waals surface area contributed by atoms with Crippen molar-refractivity contribution in [3.8, 4) is 0 Å². The maximum atomic E-state index is 6.06. The summed E-state index contributed by atoms with van der Waals surface area (Å²) in [7, 11) is 0. The van der Waals surface area contributed by atoms with Gasteiger partial charge in [0.15, 0.2) is 5.82 Å². The molecule has 4 nitrogen and oxygen atoms in total. The van der Waals surface area contributed by atoms with Gasteiger partial charge in [0.1, 0.15) is 5.52 Å². The number of pyridine rings is 1.